The summed E-state index contributed by atoms with van der Waals surface area (Å²) in [5, 5.41) is 1.09. The van der Waals surface area contributed by atoms with Gasteiger partial charge in [-0.25, -0.2) is 9.97 Å². The zero-order chi connectivity index (χ0) is 19.4. The molecule has 3 aromatic heterocycles. The zero-order valence-corrected chi connectivity index (χ0v) is 15.8. The minimum atomic E-state index is -0.501. The van der Waals surface area contributed by atoms with Gasteiger partial charge in [0.25, 0.3) is 0 Å². The zero-order valence-electron chi connectivity index (χ0n) is 15.8. The molecule has 0 unspecified atom stereocenters. The number of nitrogens with zero attached hydrogens (tertiary/aromatic N) is 4. The highest BCUT2D eigenvalue weighted by molar-refractivity contribution is 5.99. The second kappa shape index (κ2) is 6.09. The molecule has 7 nitrogen and oxygen atoms in total. The van der Waals surface area contributed by atoms with E-state index in [1.165, 1.54) is 12.8 Å². The summed E-state index contributed by atoms with van der Waals surface area (Å²) in [5.41, 5.74) is 9.37. The summed E-state index contributed by atoms with van der Waals surface area (Å²) in [7, 11) is 3.55. The Morgan fingerprint density at radius 3 is 2.86 bits per heavy atom. The van der Waals surface area contributed by atoms with E-state index in [2.05, 4.69) is 21.7 Å². The average molecular weight is 375 g/mol. The van der Waals surface area contributed by atoms with Gasteiger partial charge in [-0.15, -0.1) is 0 Å². The van der Waals surface area contributed by atoms with Gasteiger partial charge >= 0.3 is 0 Å². The van der Waals surface area contributed by atoms with Gasteiger partial charge in [-0.3, -0.25) is 4.79 Å². The number of carbonyl (C=O) groups is 1. The molecule has 28 heavy (non-hydrogen) atoms. The fourth-order valence-corrected chi connectivity index (χ4v) is 3.85. The number of aryl methyl sites for hydroxylation is 1. The molecule has 1 aliphatic rings. The van der Waals surface area contributed by atoms with Crippen LogP contribution in [0.2, 0.25) is 0 Å². The number of hydrogen-bond acceptors (Lipinski definition) is 4. The van der Waals surface area contributed by atoms with Crippen molar-refractivity contribution in [3.05, 3.63) is 42.1 Å². The predicted molar refractivity (Wildman–Crippen MR) is 107 cm³/mol. The smallest absolute Gasteiger partial charge is 0.248 e. The maximum atomic E-state index is 11.7. The van der Waals surface area contributed by atoms with Crippen molar-refractivity contribution in [1.29, 1.82) is 0 Å². The monoisotopic (exact) mass is 375 g/mol. The van der Waals surface area contributed by atoms with E-state index in [1.54, 1.807) is 19.2 Å². The van der Waals surface area contributed by atoms with Gasteiger partial charge in [0, 0.05) is 30.7 Å². The third-order valence-corrected chi connectivity index (χ3v) is 5.46. The number of benzene rings is 1. The summed E-state index contributed by atoms with van der Waals surface area (Å²) < 4.78 is 9.79. The Kier molecular flexibility index (Phi) is 3.65. The Balaban J connectivity index is 1.77. The molecule has 5 rings (SSSR count). The highest BCUT2D eigenvalue weighted by Gasteiger charge is 2.26. The fraction of sp³-hybridized carbons (Fsp3) is 0.286. The van der Waals surface area contributed by atoms with Crippen molar-refractivity contribution in [3.63, 3.8) is 0 Å². The number of imidazole rings is 1. The lowest BCUT2D eigenvalue weighted by Gasteiger charge is -2.10. The Morgan fingerprint density at radius 2 is 2.14 bits per heavy atom. The number of rotatable bonds is 5. The van der Waals surface area contributed by atoms with Crippen LogP contribution in [0.1, 0.15) is 23.2 Å². The number of nitrogens with two attached hydrogens (primary N) is 1. The highest BCUT2D eigenvalue weighted by Crippen LogP contribution is 2.37. The summed E-state index contributed by atoms with van der Waals surface area (Å²) >= 11 is 0. The molecular formula is C21H21N5O2. The fourth-order valence-electron chi connectivity index (χ4n) is 3.85. The summed E-state index contributed by atoms with van der Waals surface area (Å²) in [5.74, 6) is 1.59. The van der Waals surface area contributed by atoms with Crippen LogP contribution in [0.4, 0.5) is 0 Å². The van der Waals surface area contributed by atoms with Gasteiger partial charge in [-0.1, -0.05) is 0 Å². The number of pyridine rings is 1. The van der Waals surface area contributed by atoms with Crippen molar-refractivity contribution in [2.75, 3.05) is 7.11 Å². The van der Waals surface area contributed by atoms with Crippen molar-refractivity contribution in [2.45, 2.75) is 19.4 Å². The number of fused-ring (bicyclic) bond motifs is 2. The normalized spacial score (nSPS) is 14.1. The van der Waals surface area contributed by atoms with Crippen LogP contribution in [-0.2, 0) is 13.6 Å². The van der Waals surface area contributed by atoms with Gasteiger partial charge in [0.2, 0.25) is 5.91 Å². The first-order valence-corrected chi connectivity index (χ1v) is 9.35. The van der Waals surface area contributed by atoms with E-state index in [4.69, 9.17) is 15.5 Å². The number of carbonyl (C=O) groups excluding carboxylic acids is 1. The maximum absolute atomic E-state index is 11.7. The summed E-state index contributed by atoms with van der Waals surface area (Å²) in [6, 6.07) is 9.54. The van der Waals surface area contributed by atoms with Gasteiger partial charge in [0.05, 0.1) is 18.3 Å². The molecule has 0 atom stereocenters. The van der Waals surface area contributed by atoms with Crippen molar-refractivity contribution in [2.24, 2.45) is 18.7 Å². The number of methoxy groups -OCH3 is 1. The lowest BCUT2D eigenvalue weighted by molar-refractivity contribution is 0.1000. The molecule has 1 amide bonds. The van der Waals surface area contributed by atoms with E-state index >= 15 is 0 Å². The maximum Gasteiger partial charge on any atom is 0.248 e. The first-order valence-electron chi connectivity index (χ1n) is 9.35. The molecule has 1 fully saturated rings. The second-order valence-electron chi connectivity index (χ2n) is 7.40. The van der Waals surface area contributed by atoms with Crippen LogP contribution in [0.3, 0.4) is 0 Å². The van der Waals surface area contributed by atoms with Crippen LogP contribution < -0.4 is 10.5 Å². The molecule has 0 spiro atoms. The number of aromatic nitrogens is 4. The van der Waals surface area contributed by atoms with Crippen molar-refractivity contribution < 1.29 is 9.53 Å². The molecule has 0 aliphatic heterocycles. The summed E-state index contributed by atoms with van der Waals surface area (Å²) in [4.78, 5) is 21.1. The molecule has 1 aromatic carbocycles. The van der Waals surface area contributed by atoms with Crippen LogP contribution >= 0.6 is 0 Å². The molecule has 3 heterocycles. The molecule has 1 saturated carbocycles. The molecule has 1 aliphatic carbocycles. The first kappa shape index (κ1) is 16.8. The van der Waals surface area contributed by atoms with Crippen LogP contribution in [0, 0.1) is 5.92 Å². The highest BCUT2D eigenvalue weighted by atomic mass is 16.5. The number of primary amides is 1. The lowest BCUT2D eigenvalue weighted by Crippen LogP contribution is -2.11. The van der Waals surface area contributed by atoms with Gasteiger partial charge in [0.15, 0.2) is 5.82 Å². The summed E-state index contributed by atoms with van der Waals surface area (Å²) in [6.07, 6.45) is 4.33. The average Bonchev–Trinajstić information content (AvgIpc) is 3.36. The van der Waals surface area contributed by atoms with Gasteiger partial charge in [0.1, 0.15) is 16.9 Å². The SMILES string of the molecule is COc1cc(C(N)=O)cc2nc(-c3cc4cccnc4n3CC3CC3)n(C)c12. The minimum Gasteiger partial charge on any atom is -0.494 e. The van der Waals surface area contributed by atoms with Crippen LogP contribution in [0.5, 0.6) is 5.75 Å². The van der Waals surface area contributed by atoms with Gasteiger partial charge in [-0.05, 0) is 49.1 Å². The minimum absolute atomic E-state index is 0.384. The van der Waals surface area contributed by atoms with E-state index in [1.807, 2.05) is 23.9 Å². The molecule has 0 saturated heterocycles. The van der Waals surface area contributed by atoms with Crippen molar-refractivity contribution >= 4 is 28.0 Å². The standard InChI is InChI=1S/C21H21N5O2/c1-25-18-15(8-14(19(22)27)10-17(18)28-2)24-21(25)16-9-13-4-3-7-23-20(13)26(16)11-12-5-6-12/h3-4,7-10,12H,5-6,11H2,1-2H3,(H2,22,27). The quantitative estimate of drug-likeness (QED) is 0.580. The first-order chi connectivity index (χ1) is 13.6. The van der Waals surface area contributed by atoms with Crippen LogP contribution in [-0.4, -0.2) is 32.1 Å². The second-order valence-corrected chi connectivity index (χ2v) is 7.40. The van der Waals surface area contributed by atoms with E-state index < -0.39 is 5.91 Å². The van der Waals surface area contributed by atoms with E-state index in [0.29, 0.717) is 22.7 Å². The molecule has 142 valence electrons. The largest absolute Gasteiger partial charge is 0.494 e. The molecule has 2 N–H and O–H groups in total. The van der Waals surface area contributed by atoms with Crippen LogP contribution in [0.15, 0.2) is 36.5 Å². The van der Waals surface area contributed by atoms with Crippen LogP contribution in [0.25, 0.3) is 33.6 Å². The topological polar surface area (TPSA) is 88.0 Å². The van der Waals surface area contributed by atoms with Gasteiger partial charge < -0.3 is 19.6 Å². The molecule has 0 bridgehead atoms. The van der Waals surface area contributed by atoms with E-state index in [9.17, 15) is 4.79 Å². The molecular weight excluding hydrogens is 354 g/mol. The Bertz CT molecular complexity index is 1230. The number of amides is 1. The van der Waals surface area contributed by atoms with Crippen molar-refractivity contribution in [1.82, 2.24) is 19.1 Å². The molecule has 7 heteroatoms. The third-order valence-electron chi connectivity index (χ3n) is 5.46. The molecule has 4 aromatic rings. The lowest BCUT2D eigenvalue weighted by atomic mass is 10.1. The molecule has 0 radical (unpaired) electrons. The van der Waals surface area contributed by atoms with Crippen molar-refractivity contribution in [3.8, 4) is 17.3 Å². The Morgan fingerprint density at radius 1 is 1.32 bits per heavy atom. The predicted octanol–water partition coefficient (Wildman–Crippen LogP) is 3.11. The van der Waals surface area contributed by atoms with E-state index in [-0.39, 0.29) is 0 Å². The third kappa shape index (κ3) is 2.54. The Hall–Kier alpha value is -3.35. The summed E-state index contributed by atoms with van der Waals surface area (Å²) in [6.45, 7) is 0.933. The van der Waals surface area contributed by atoms with E-state index in [0.717, 1.165) is 34.6 Å². The Labute approximate surface area is 161 Å². The van der Waals surface area contributed by atoms with Gasteiger partial charge in [-0.2, -0.15) is 0 Å². The number of ether oxygens (including phenoxy) is 1. The number of hydrogen-bond donors (Lipinski definition) is 1.